The van der Waals surface area contributed by atoms with Gasteiger partial charge in [0.25, 0.3) is 0 Å². The summed E-state index contributed by atoms with van der Waals surface area (Å²) in [5, 5.41) is 0. The molecule has 0 N–H and O–H groups in total. The first-order chi connectivity index (χ1) is 6.33. The molecule has 2 nitrogen and oxygen atoms in total. The average molecular weight is 219 g/mol. The van der Waals surface area contributed by atoms with E-state index in [9.17, 15) is 0 Å². The van der Waals surface area contributed by atoms with Crippen LogP contribution in [0, 0.1) is 0 Å². The SMILES string of the molecule is CCC.CN(C)COCC[Si](C)(C)C. The minimum Gasteiger partial charge on any atom is -0.366 e. The molecule has 0 rings (SSSR count). The molecule has 88 valence electrons. The Labute approximate surface area is 91.6 Å². The Kier molecular flexibility index (Phi) is 11.5. The minimum absolute atomic E-state index is 0.754. The Balaban J connectivity index is 0. The topological polar surface area (TPSA) is 12.5 Å². The van der Waals surface area contributed by atoms with Gasteiger partial charge in [0.15, 0.2) is 0 Å². The van der Waals surface area contributed by atoms with Crippen LogP contribution in [0.15, 0.2) is 0 Å². The van der Waals surface area contributed by atoms with Crippen molar-refractivity contribution in [1.29, 1.82) is 0 Å². The molecule has 0 spiro atoms. The maximum Gasteiger partial charge on any atom is 0.0985 e. The quantitative estimate of drug-likeness (QED) is 0.400. The lowest BCUT2D eigenvalue weighted by Crippen LogP contribution is -2.24. The molecule has 14 heavy (non-hydrogen) atoms. The summed E-state index contributed by atoms with van der Waals surface area (Å²) in [6.07, 6.45) is 1.25. The molecule has 0 fully saturated rings. The van der Waals surface area contributed by atoms with Crippen LogP contribution in [0.4, 0.5) is 0 Å². The Bertz CT molecular complexity index is 110. The molecule has 0 aromatic carbocycles. The Morgan fingerprint density at radius 2 is 1.50 bits per heavy atom. The molecule has 0 atom stereocenters. The highest BCUT2D eigenvalue weighted by molar-refractivity contribution is 6.76. The van der Waals surface area contributed by atoms with E-state index in [1.807, 2.05) is 19.0 Å². The van der Waals surface area contributed by atoms with Crippen molar-refractivity contribution < 1.29 is 4.74 Å². The van der Waals surface area contributed by atoms with Crippen LogP contribution in [0.25, 0.3) is 0 Å². The molecule has 0 unspecified atom stereocenters. The van der Waals surface area contributed by atoms with Crippen LogP contribution in [-0.2, 0) is 4.74 Å². The van der Waals surface area contributed by atoms with Crippen molar-refractivity contribution >= 4 is 8.07 Å². The van der Waals surface area contributed by atoms with Gasteiger partial charge in [0, 0.05) is 14.7 Å². The zero-order valence-corrected chi connectivity index (χ0v) is 12.2. The number of hydrogen-bond acceptors (Lipinski definition) is 2. The second-order valence-electron chi connectivity index (χ2n) is 5.13. The molecule has 3 heteroatoms. The highest BCUT2D eigenvalue weighted by Crippen LogP contribution is 2.07. The first-order valence-electron chi connectivity index (χ1n) is 5.56. The molecular formula is C11H29NOSi. The highest BCUT2D eigenvalue weighted by atomic mass is 28.3. The van der Waals surface area contributed by atoms with Crippen molar-refractivity contribution in [2.75, 3.05) is 27.4 Å². The lowest BCUT2D eigenvalue weighted by molar-refractivity contribution is 0.0645. The van der Waals surface area contributed by atoms with Gasteiger partial charge in [-0.05, 0) is 20.1 Å². The Morgan fingerprint density at radius 3 is 1.79 bits per heavy atom. The van der Waals surface area contributed by atoms with E-state index in [0.717, 1.165) is 13.3 Å². The summed E-state index contributed by atoms with van der Waals surface area (Å²) >= 11 is 0. The number of hydrogen-bond donors (Lipinski definition) is 0. The van der Waals surface area contributed by atoms with E-state index in [4.69, 9.17) is 4.74 Å². The number of nitrogens with zero attached hydrogens (tertiary/aromatic N) is 1. The third-order valence-electron chi connectivity index (χ3n) is 1.35. The van der Waals surface area contributed by atoms with Crippen LogP contribution in [0.3, 0.4) is 0 Å². The van der Waals surface area contributed by atoms with Crippen molar-refractivity contribution in [3.05, 3.63) is 0 Å². The summed E-state index contributed by atoms with van der Waals surface area (Å²) in [5.41, 5.74) is 0. The predicted molar refractivity (Wildman–Crippen MR) is 68.6 cm³/mol. The van der Waals surface area contributed by atoms with Crippen molar-refractivity contribution in [3.63, 3.8) is 0 Å². The van der Waals surface area contributed by atoms with Gasteiger partial charge in [-0.3, -0.25) is 4.90 Å². The van der Waals surface area contributed by atoms with E-state index in [2.05, 4.69) is 33.5 Å². The fourth-order valence-corrected chi connectivity index (χ4v) is 1.38. The van der Waals surface area contributed by atoms with Crippen molar-refractivity contribution in [3.8, 4) is 0 Å². The third kappa shape index (κ3) is 22.7. The molecule has 0 radical (unpaired) electrons. The summed E-state index contributed by atoms with van der Waals surface area (Å²) in [7, 11) is 3.17. The highest BCUT2D eigenvalue weighted by Gasteiger charge is 2.11. The summed E-state index contributed by atoms with van der Waals surface area (Å²) in [6.45, 7) is 13.0. The van der Waals surface area contributed by atoms with Gasteiger partial charge in [0.2, 0.25) is 0 Å². The summed E-state index contributed by atoms with van der Waals surface area (Å²) < 4.78 is 5.43. The molecule has 0 aliphatic carbocycles. The molecule has 0 saturated heterocycles. The fraction of sp³-hybridized carbons (Fsp3) is 1.00. The Hall–Kier alpha value is 0.137. The van der Waals surface area contributed by atoms with Gasteiger partial charge in [0.05, 0.1) is 6.73 Å². The maximum atomic E-state index is 5.43. The molecular weight excluding hydrogens is 190 g/mol. The normalized spacial score (nSPS) is 11.1. The van der Waals surface area contributed by atoms with Gasteiger partial charge in [0.1, 0.15) is 0 Å². The monoisotopic (exact) mass is 219 g/mol. The van der Waals surface area contributed by atoms with Crippen LogP contribution >= 0.6 is 0 Å². The van der Waals surface area contributed by atoms with Crippen LogP contribution in [0.5, 0.6) is 0 Å². The summed E-state index contributed by atoms with van der Waals surface area (Å²) in [6, 6.07) is 1.26. The lowest BCUT2D eigenvalue weighted by Gasteiger charge is -2.16. The molecule has 0 heterocycles. The average Bonchev–Trinajstić information content (AvgIpc) is 1.98. The van der Waals surface area contributed by atoms with Crippen molar-refractivity contribution in [2.45, 2.75) is 46.0 Å². The van der Waals surface area contributed by atoms with E-state index in [0.29, 0.717) is 0 Å². The second kappa shape index (κ2) is 9.68. The van der Waals surface area contributed by atoms with E-state index < -0.39 is 8.07 Å². The molecule has 0 aliphatic heterocycles. The zero-order chi connectivity index (χ0) is 11.6. The number of rotatable bonds is 5. The second-order valence-corrected chi connectivity index (χ2v) is 10.8. The Morgan fingerprint density at radius 1 is 1.07 bits per heavy atom. The summed E-state index contributed by atoms with van der Waals surface area (Å²) in [5.74, 6) is 0. The van der Waals surface area contributed by atoms with Gasteiger partial charge >= 0.3 is 0 Å². The van der Waals surface area contributed by atoms with Crippen LogP contribution in [0.2, 0.25) is 25.7 Å². The van der Waals surface area contributed by atoms with Crippen molar-refractivity contribution in [1.82, 2.24) is 4.90 Å². The zero-order valence-electron chi connectivity index (χ0n) is 11.2. The van der Waals surface area contributed by atoms with E-state index >= 15 is 0 Å². The van der Waals surface area contributed by atoms with Crippen LogP contribution < -0.4 is 0 Å². The molecule has 0 aliphatic rings. The largest absolute Gasteiger partial charge is 0.366 e. The lowest BCUT2D eigenvalue weighted by atomic mass is 10.6. The molecule has 0 aromatic heterocycles. The maximum absolute atomic E-state index is 5.43. The van der Waals surface area contributed by atoms with Crippen LogP contribution in [-0.4, -0.2) is 40.4 Å². The van der Waals surface area contributed by atoms with E-state index in [1.54, 1.807) is 0 Å². The first kappa shape index (κ1) is 16.6. The van der Waals surface area contributed by atoms with Crippen molar-refractivity contribution in [2.24, 2.45) is 0 Å². The van der Waals surface area contributed by atoms with Gasteiger partial charge in [-0.1, -0.05) is 39.9 Å². The van der Waals surface area contributed by atoms with E-state index in [1.165, 1.54) is 12.5 Å². The van der Waals surface area contributed by atoms with Gasteiger partial charge < -0.3 is 4.74 Å². The molecule has 0 amide bonds. The molecule has 0 bridgehead atoms. The van der Waals surface area contributed by atoms with Gasteiger partial charge in [-0.2, -0.15) is 0 Å². The standard InChI is InChI=1S/C8H21NOSi.C3H8/c1-9(2)8-10-6-7-11(3,4)5;1-3-2/h6-8H2,1-5H3;3H2,1-2H3. The van der Waals surface area contributed by atoms with E-state index in [-0.39, 0.29) is 0 Å². The molecule has 0 saturated carbocycles. The number of ether oxygens (including phenoxy) is 1. The minimum atomic E-state index is -0.873. The fourth-order valence-electron chi connectivity index (χ4n) is 0.625. The van der Waals surface area contributed by atoms with Gasteiger partial charge in [-0.15, -0.1) is 0 Å². The van der Waals surface area contributed by atoms with Crippen LogP contribution in [0.1, 0.15) is 20.3 Å². The summed E-state index contributed by atoms with van der Waals surface area (Å²) in [4.78, 5) is 2.05. The van der Waals surface area contributed by atoms with Gasteiger partial charge in [-0.25, -0.2) is 0 Å². The smallest absolute Gasteiger partial charge is 0.0985 e. The predicted octanol–water partition coefficient (Wildman–Crippen LogP) is 3.28. The first-order valence-corrected chi connectivity index (χ1v) is 9.26. The molecule has 0 aromatic rings. The third-order valence-corrected chi connectivity index (χ3v) is 3.05.